The predicted octanol–water partition coefficient (Wildman–Crippen LogP) is 4.32. The van der Waals surface area contributed by atoms with Crippen LogP contribution >= 0.6 is 0 Å². The van der Waals surface area contributed by atoms with Gasteiger partial charge in [0.25, 0.3) is 0 Å². The summed E-state index contributed by atoms with van der Waals surface area (Å²) in [5.41, 5.74) is 1.07. The van der Waals surface area contributed by atoms with Crippen molar-refractivity contribution in [2.45, 2.75) is 56.5 Å². The average molecular weight is 510 g/mol. The zero-order chi connectivity index (χ0) is 24.5. The Bertz CT molecular complexity index is 1210. The van der Waals surface area contributed by atoms with Gasteiger partial charge in [0.05, 0.1) is 0 Å². The first-order chi connectivity index (χ1) is 16.1. The molecule has 2 heterocycles. The minimum Gasteiger partial charge on any atom is -0.490 e. The summed E-state index contributed by atoms with van der Waals surface area (Å²) in [5.74, 6) is -0.110. The topological polar surface area (TPSA) is 90.8 Å². The predicted molar refractivity (Wildman–Crippen MR) is 131 cm³/mol. The van der Waals surface area contributed by atoms with Gasteiger partial charge in [0.15, 0.2) is 0 Å². The molecule has 0 aliphatic carbocycles. The van der Waals surface area contributed by atoms with Crippen molar-refractivity contribution < 1.29 is 21.8 Å². The van der Waals surface area contributed by atoms with E-state index in [0.717, 1.165) is 5.56 Å². The highest BCUT2D eigenvalue weighted by Gasteiger charge is 2.40. The molecule has 1 N–H and O–H groups in total. The van der Waals surface area contributed by atoms with Gasteiger partial charge in [0, 0.05) is 43.6 Å². The van der Waals surface area contributed by atoms with E-state index in [4.69, 9.17) is 9.52 Å². The van der Waals surface area contributed by atoms with Crippen molar-refractivity contribution in [1.29, 1.82) is 4.78 Å². The number of hydrogen-bond donors (Lipinski definition) is 1. The number of nitrogens with one attached hydrogen (secondary N) is 1. The van der Waals surface area contributed by atoms with Crippen LogP contribution < -0.4 is 4.74 Å². The maximum Gasteiger partial charge on any atom is 0.221 e. The van der Waals surface area contributed by atoms with Gasteiger partial charge in [-0.3, -0.25) is 0 Å². The second-order valence-electron chi connectivity index (χ2n) is 9.22. The zero-order valence-corrected chi connectivity index (χ0v) is 21.2. The fourth-order valence-electron chi connectivity index (χ4n) is 4.74. The summed E-state index contributed by atoms with van der Waals surface area (Å²) in [6, 6.07) is 13.6. The molecule has 34 heavy (non-hydrogen) atoms. The van der Waals surface area contributed by atoms with Gasteiger partial charge in [-0.05, 0) is 44.2 Å². The van der Waals surface area contributed by atoms with E-state index >= 15 is 4.39 Å². The molecular weight excluding hydrogens is 477 g/mol. The highest BCUT2D eigenvalue weighted by molar-refractivity contribution is 7.89. The highest BCUT2D eigenvalue weighted by atomic mass is 32.2. The third-order valence-electron chi connectivity index (χ3n) is 6.74. The largest absolute Gasteiger partial charge is 0.490 e. The van der Waals surface area contributed by atoms with E-state index in [2.05, 4.69) is 0 Å². The van der Waals surface area contributed by atoms with Crippen molar-refractivity contribution in [3.05, 3.63) is 65.5 Å². The Labute approximate surface area is 202 Å². The van der Waals surface area contributed by atoms with Crippen molar-refractivity contribution in [3.63, 3.8) is 0 Å². The molecule has 3 atom stereocenters. The zero-order valence-electron chi connectivity index (χ0n) is 19.5. The lowest BCUT2D eigenvalue weighted by atomic mass is 10.0. The molecular formula is C24H32FN3O4S2. The van der Waals surface area contributed by atoms with E-state index in [-0.39, 0.29) is 18.7 Å². The Morgan fingerprint density at radius 3 is 2.38 bits per heavy atom. The molecule has 0 radical (unpaired) electrons. The SMILES string of the molecule is C[C@H]1CC[C@H](c2ccccc2)S(=O)(=O)N1Cc1ccc(OC2CCN(S(C)(=N)=O)CC2)cc1F. The fourth-order valence-corrected chi connectivity index (χ4v) is 7.84. The molecule has 7 nitrogen and oxygen atoms in total. The van der Waals surface area contributed by atoms with Crippen LogP contribution in [0.3, 0.4) is 0 Å². The summed E-state index contributed by atoms with van der Waals surface area (Å²) in [7, 11) is -6.36. The Morgan fingerprint density at radius 1 is 1.09 bits per heavy atom. The number of ether oxygens (including phenoxy) is 1. The molecule has 2 aromatic carbocycles. The molecule has 0 spiro atoms. The van der Waals surface area contributed by atoms with Gasteiger partial charge < -0.3 is 4.74 Å². The Morgan fingerprint density at radius 2 is 1.76 bits per heavy atom. The maximum absolute atomic E-state index is 15.0. The van der Waals surface area contributed by atoms with Crippen molar-refractivity contribution in [2.24, 2.45) is 0 Å². The molecule has 186 valence electrons. The molecule has 0 amide bonds. The number of hydrogen-bond acceptors (Lipinski definition) is 5. The van der Waals surface area contributed by atoms with Crippen LogP contribution in [0.4, 0.5) is 4.39 Å². The molecule has 0 bridgehead atoms. The number of halogens is 1. The third-order valence-corrected chi connectivity index (χ3v) is 10.5. The minimum absolute atomic E-state index is 0.0221. The van der Waals surface area contributed by atoms with Crippen LogP contribution in [0, 0.1) is 10.6 Å². The number of benzene rings is 2. The van der Waals surface area contributed by atoms with Crippen molar-refractivity contribution >= 4 is 19.9 Å². The molecule has 0 saturated carbocycles. The Hall–Kier alpha value is -2.01. The summed E-state index contributed by atoms with van der Waals surface area (Å²) < 4.78 is 70.4. The summed E-state index contributed by atoms with van der Waals surface area (Å²) in [5, 5.41) is -0.622. The van der Waals surface area contributed by atoms with Gasteiger partial charge in [-0.2, -0.15) is 4.31 Å². The van der Waals surface area contributed by atoms with Crippen LogP contribution in [-0.2, 0) is 26.5 Å². The first kappa shape index (κ1) is 25.1. The van der Waals surface area contributed by atoms with E-state index in [1.54, 1.807) is 16.4 Å². The van der Waals surface area contributed by atoms with Crippen LogP contribution in [0.2, 0.25) is 0 Å². The summed E-state index contributed by atoms with van der Waals surface area (Å²) >= 11 is 0. The van der Waals surface area contributed by atoms with Crippen LogP contribution in [0.25, 0.3) is 0 Å². The average Bonchev–Trinajstić information content (AvgIpc) is 2.78. The molecule has 2 aromatic rings. The van der Waals surface area contributed by atoms with Gasteiger partial charge in [0.1, 0.15) is 32.8 Å². The second-order valence-corrected chi connectivity index (χ2v) is 13.4. The lowest BCUT2D eigenvalue weighted by Gasteiger charge is -2.37. The smallest absolute Gasteiger partial charge is 0.221 e. The van der Waals surface area contributed by atoms with E-state index in [0.29, 0.717) is 50.1 Å². The van der Waals surface area contributed by atoms with Gasteiger partial charge in [-0.15, -0.1) is 0 Å². The molecule has 2 saturated heterocycles. The normalized spacial score (nSPS) is 26.1. The van der Waals surface area contributed by atoms with Crippen LogP contribution in [-0.4, -0.2) is 52.7 Å². The Kier molecular flexibility index (Phi) is 7.33. The number of nitrogens with zero attached hydrogens (tertiary/aromatic N) is 2. The van der Waals surface area contributed by atoms with Crippen LogP contribution in [0.15, 0.2) is 48.5 Å². The number of rotatable bonds is 6. The van der Waals surface area contributed by atoms with E-state index in [1.165, 1.54) is 16.6 Å². The van der Waals surface area contributed by atoms with Crippen LogP contribution in [0.1, 0.15) is 49.0 Å². The molecule has 10 heteroatoms. The van der Waals surface area contributed by atoms with E-state index in [1.807, 2.05) is 37.3 Å². The molecule has 2 fully saturated rings. The molecule has 2 aliphatic heterocycles. The monoisotopic (exact) mass is 509 g/mol. The summed E-state index contributed by atoms with van der Waals surface area (Å²) in [6.45, 7) is 2.84. The van der Waals surface area contributed by atoms with Crippen molar-refractivity contribution in [1.82, 2.24) is 8.61 Å². The lowest BCUT2D eigenvalue weighted by molar-refractivity contribution is 0.136. The first-order valence-corrected chi connectivity index (χ1v) is 15.0. The second kappa shape index (κ2) is 9.93. The van der Waals surface area contributed by atoms with Gasteiger partial charge in [0.2, 0.25) is 10.0 Å². The van der Waals surface area contributed by atoms with Gasteiger partial charge in [-0.1, -0.05) is 36.4 Å². The standard InChI is InChI=1S/C24H32FN3O4S2/c1-18-8-11-24(19-6-4-3-5-7-19)34(30,31)28(18)17-20-9-10-22(16-23(20)25)32-21-12-14-27(15-13-21)33(2,26)29/h3-7,9-10,16,18,21,24,26H,8,11-15,17H2,1-2H3/t18-,24+,33?/m0/s1. The number of sulfonamides is 1. The molecule has 4 rings (SSSR count). The molecule has 1 unspecified atom stereocenters. The summed E-state index contributed by atoms with van der Waals surface area (Å²) in [6.07, 6.45) is 3.74. The summed E-state index contributed by atoms with van der Waals surface area (Å²) in [4.78, 5) is 0. The van der Waals surface area contributed by atoms with Crippen molar-refractivity contribution in [3.8, 4) is 5.75 Å². The maximum atomic E-state index is 15.0. The minimum atomic E-state index is -3.64. The third kappa shape index (κ3) is 5.45. The molecule has 2 aliphatic rings. The van der Waals surface area contributed by atoms with Gasteiger partial charge in [-0.25, -0.2) is 26.1 Å². The highest BCUT2D eigenvalue weighted by Crippen LogP contribution is 2.38. The van der Waals surface area contributed by atoms with Crippen molar-refractivity contribution in [2.75, 3.05) is 19.3 Å². The molecule has 0 aromatic heterocycles. The Balaban J connectivity index is 1.45. The lowest BCUT2D eigenvalue weighted by Crippen LogP contribution is -2.44. The van der Waals surface area contributed by atoms with Crippen LogP contribution in [0.5, 0.6) is 5.75 Å². The number of piperidine rings is 1. The first-order valence-electron chi connectivity index (χ1n) is 11.6. The van der Waals surface area contributed by atoms with Gasteiger partial charge >= 0.3 is 0 Å². The quantitative estimate of drug-likeness (QED) is 0.628. The van der Waals surface area contributed by atoms with E-state index in [9.17, 15) is 12.6 Å². The fraction of sp³-hybridized carbons (Fsp3) is 0.500. The van der Waals surface area contributed by atoms with E-state index < -0.39 is 31.0 Å².